The van der Waals surface area contributed by atoms with Gasteiger partial charge in [-0.25, -0.2) is 0 Å². The fourth-order valence-corrected chi connectivity index (χ4v) is 3.71. The summed E-state index contributed by atoms with van der Waals surface area (Å²) in [6.45, 7) is 0.546. The van der Waals surface area contributed by atoms with Gasteiger partial charge in [0.25, 0.3) is 5.91 Å². The van der Waals surface area contributed by atoms with Gasteiger partial charge in [0, 0.05) is 33.2 Å². The van der Waals surface area contributed by atoms with Gasteiger partial charge in [0.05, 0.1) is 0 Å². The second-order valence-corrected chi connectivity index (χ2v) is 7.27. The number of amides is 1. The molecule has 1 aliphatic rings. The first-order valence-corrected chi connectivity index (χ1v) is 9.16. The van der Waals surface area contributed by atoms with E-state index in [0.29, 0.717) is 12.1 Å². The molecule has 0 aliphatic heterocycles. The minimum Gasteiger partial charge on any atom is -0.358 e. The van der Waals surface area contributed by atoms with Gasteiger partial charge < -0.3 is 10.3 Å². The fraction of sp³-hybridized carbons (Fsp3) is 0.250. The number of hydrogen-bond donors (Lipinski definition) is 2. The maximum absolute atomic E-state index is 12.2. The SMILES string of the molecule is O=C(NCc1ccc2[nH]c3c(c2c1)CCCC3)c1ccc(Br)cc1. The highest BCUT2D eigenvalue weighted by molar-refractivity contribution is 9.10. The van der Waals surface area contributed by atoms with Gasteiger partial charge >= 0.3 is 0 Å². The van der Waals surface area contributed by atoms with Gasteiger partial charge in [-0.1, -0.05) is 22.0 Å². The molecule has 1 heterocycles. The lowest BCUT2D eigenvalue weighted by molar-refractivity contribution is 0.0951. The van der Waals surface area contributed by atoms with Gasteiger partial charge in [-0.05, 0) is 73.2 Å². The van der Waals surface area contributed by atoms with Crippen molar-refractivity contribution in [2.24, 2.45) is 0 Å². The molecule has 122 valence electrons. The van der Waals surface area contributed by atoms with Crippen LogP contribution in [0.15, 0.2) is 46.9 Å². The molecule has 0 saturated heterocycles. The van der Waals surface area contributed by atoms with Crippen LogP contribution in [0.3, 0.4) is 0 Å². The number of aromatic nitrogens is 1. The van der Waals surface area contributed by atoms with E-state index in [1.165, 1.54) is 35.0 Å². The maximum Gasteiger partial charge on any atom is 0.251 e. The number of fused-ring (bicyclic) bond motifs is 3. The first-order chi connectivity index (χ1) is 11.7. The minimum absolute atomic E-state index is 0.0429. The van der Waals surface area contributed by atoms with Crippen LogP contribution in [-0.4, -0.2) is 10.9 Å². The number of carbonyl (C=O) groups excluding carboxylic acids is 1. The van der Waals surface area contributed by atoms with Crippen molar-refractivity contribution in [2.45, 2.75) is 32.2 Å². The Morgan fingerprint density at radius 2 is 1.88 bits per heavy atom. The second-order valence-electron chi connectivity index (χ2n) is 6.36. The summed E-state index contributed by atoms with van der Waals surface area (Å²) in [5, 5.41) is 4.33. The monoisotopic (exact) mass is 382 g/mol. The third-order valence-electron chi connectivity index (χ3n) is 4.72. The Bertz CT molecular complexity index is 896. The molecule has 0 saturated carbocycles. The smallest absolute Gasteiger partial charge is 0.251 e. The topological polar surface area (TPSA) is 44.9 Å². The molecule has 2 N–H and O–H groups in total. The lowest BCUT2D eigenvalue weighted by Gasteiger charge is -2.11. The predicted molar refractivity (Wildman–Crippen MR) is 100 cm³/mol. The van der Waals surface area contributed by atoms with E-state index < -0.39 is 0 Å². The predicted octanol–water partition coefficient (Wildman–Crippen LogP) is 4.74. The summed E-state index contributed by atoms with van der Waals surface area (Å²) in [7, 11) is 0. The Morgan fingerprint density at radius 1 is 1.08 bits per heavy atom. The van der Waals surface area contributed by atoms with Gasteiger partial charge in [0.1, 0.15) is 0 Å². The molecular formula is C20H19BrN2O. The van der Waals surface area contributed by atoms with Crippen molar-refractivity contribution in [1.82, 2.24) is 10.3 Å². The molecule has 0 atom stereocenters. The molecule has 4 rings (SSSR count). The van der Waals surface area contributed by atoms with Crippen molar-refractivity contribution in [3.8, 4) is 0 Å². The summed E-state index contributed by atoms with van der Waals surface area (Å²) in [6, 6.07) is 13.9. The summed E-state index contributed by atoms with van der Waals surface area (Å²) in [5.74, 6) is -0.0429. The molecule has 0 bridgehead atoms. The van der Waals surface area contributed by atoms with Crippen LogP contribution in [0.4, 0.5) is 0 Å². The molecule has 1 aromatic heterocycles. The van der Waals surface area contributed by atoms with Crippen molar-refractivity contribution in [3.05, 3.63) is 69.3 Å². The first-order valence-electron chi connectivity index (χ1n) is 8.37. The van der Waals surface area contributed by atoms with Crippen LogP contribution in [0.1, 0.15) is 40.0 Å². The Balaban J connectivity index is 1.52. The van der Waals surface area contributed by atoms with Gasteiger partial charge in [0.15, 0.2) is 0 Å². The molecule has 1 amide bonds. The lowest BCUT2D eigenvalue weighted by Crippen LogP contribution is -2.22. The van der Waals surface area contributed by atoms with Crippen LogP contribution in [0.25, 0.3) is 10.9 Å². The third-order valence-corrected chi connectivity index (χ3v) is 5.25. The van der Waals surface area contributed by atoms with Crippen molar-refractivity contribution in [3.63, 3.8) is 0 Å². The van der Waals surface area contributed by atoms with Gasteiger partial charge in [-0.15, -0.1) is 0 Å². The number of aromatic amines is 1. The van der Waals surface area contributed by atoms with Crippen LogP contribution in [-0.2, 0) is 19.4 Å². The van der Waals surface area contributed by atoms with Crippen LogP contribution >= 0.6 is 15.9 Å². The highest BCUT2D eigenvalue weighted by Crippen LogP contribution is 2.29. The minimum atomic E-state index is -0.0429. The van der Waals surface area contributed by atoms with Crippen molar-refractivity contribution in [1.29, 1.82) is 0 Å². The van der Waals surface area contributed by atoms with E-state index in [2.05, 4.69) is 44.4 Å². The average molecular weight is 383 g/mol. The summed E-state index contributed by atoms with van der Waals surface area (Å²) in [4.78, 5) is 15.8. The zero-order valence-corrected chi connectivity index (χ0v) is 14.9. The Kier molecular flexibility index (Phi) is 4.15. The van der Waals surface area contributed by atoms with E-state index in [9.17, 15) is 4.79 Å². The number of nitrogens with one attached hydrogen (secondary N) is 2. The van der Waals surface area contributed by atoms with E-state index in [4.69, 9.17) is 0 Å². The standard InChI is InChI=1S/C20H19BrN2O/c21-15-8-6-14(7-9-15)20(24)22-12-13-5-10-19-17(11-13)16-3-1-2-4-18(16)23-19/h5-11,23H,1-4,12H2,(H,22,24). The number of aryl methyl sites for hydroxylation is 2. The molecule has 4 heteroatoms. The third kappa shape index (κ3) is 2.98. The molecule has 0 fully saturated rings. The fourth-order valence-electron chi connectivity index (χ4n) is 3.45. The molecule has 3 nitrogen and oxygen atoms in total. The first kappa shape index (κ1) is 15.5. The quantitative estimate of drug-likeness (QED) is 0.674. The summed E-state index contributed by atoms with van der Waals surface area (Å²) in [6.07, 6.45) is 4.85. The van der Waals surface area contributed by atoms with Gasteiger partial charge in [-0.2, -0.15) is 0 Å². The second kappa shape index (κ2) is 6.44. The van der Waals surface area contributed by atoms with Gasteiger partial charge in [0.2, 0.25) is 0 Å². The van der Waals surface area contributed by atoms with Crippen LogP contribution in [0.5, 0.6) is 0 Å². The molecule has 0 radical (unpaired) electrons. The van der Waals surface area contributed by atoms with Gasteiger partial charge in [-0.3, -0.25) is 4.79 Å². The van der Waals surface area contributed by atoms with Crippen LogP contribution < -0.4 is 5.32 Å². The Morgan fingerprint density at radius 3 is 2.71 bits per heavy atom. The van der Waals surface area contributed by atoms with Crippen LogP contribution in [0, 0.1) is 0 Å². The van der Waals surface area contributed by atoms with E-state index in [-0.39, 0.29) is 5.91 Å². The molecule has 0 spiro atoms. The molecule has 24 heavy (non-hydrogen) atoms. The lowest BCUT2D eigenvalue weighted by atomic mass is 9.95. The number of carbonyl (C=O) groups is 1. The Hall–Kier alpha value is -2.07. The summed E-state index contributed by atoms with van der Waals surface area (Å²) in [5.41, 5.74) is 5.90. The van der Waals surface area contributed by atoms with E-state index in [1.54, 1.807) is 0 Å². The highest BCUT2D eigenvalue weighted by atomic mass is 79.9. The number of hydrogen-bond acceptors (Lipinski definition) is 1. The van der Waals surface area contributed by atoms with Crippen molar-refractivity contribution in [2.75, 3.05) is 0 Å². The molecular weight excluding hydrogens is 364 g/mol. The van der Waals surface area contributed by atoms with Crippen molar-refractivity contribution < 1.29 is 4.79 Å². The van der Waals surface area contributed by atoms with E-state index >= 15 is 0 Å². The van der Waals surface area contributed by atoms with Crippen molar-refractivity contribution >= 4 is 32.7 Å². The zero-order valence-electron chi connectivity index (χ0n) is 13.4. The number of H-pyrrole nitrogens is 1. The highest BCUT2D eigenvalue weighted by Gasteiger charge is 2.15. The van der Waals surface area contributed by atoms with Crippen LogP contribution in [0.2, 0.25) is 0 Å². The Labute approximate surface area is 149 Å². The zero-order chi connectivity index (χ0) is 16.5. The molecule has 2 aromatic carbocycles. The molecule has 0 unspecified atom stereocenters. The molecule has 3 aromatic rings. The normalized spacial score (nSPS) is 13.7. The number of rotatable bonds is 3. The van der Waals surface area contributed by atoms with E-state index in [0.717, 1.165) is 22.9 Å². The summed E-state index contributed by atoms with van der Waals surface area (Å²) < 4.78 is 0.974. The summed E-state index contributed by atoms with van der Waals surface area (Å²) >= 11 is 3.38. The largest absolute Gasteiger partial charge is 0.358 e. The molecule has 1 aliphatic carbocycles. The number of halogens is 1. The number of benzene rings is 2. The van der Waals surface area contributed by atoms with E-state index in [1.807, 2.05) is 24.3 Å². The average Bonchev–Trinajstić information content (AvgIpc) is 2.98. The maximum atomic E-state index is 12.2.